The maximum Gasteiger partial charge on any atom is 0.306 e. The first-order valence-corrected chi connectivity index (χ1v) is 13.3. The quantitative estimate of drug-likeness (QED) is 0.215. The molecule has 38 heavy (non-hydrogen) atoms. The van der Waals surface area contributed by atoms with Gasteiger partial charge in [-0.1, -0.05) is 6.07 Å². The molecule has 1 aromatic carbocycles. The van der Waals surface area contributed by atoms with Gasteiger partial charge < -0.3 is 18.8 Å². The van der Waals surface area contributed by atoms with Crippen LogP contribution in [0.15, 0.2) is 36.5 Å². The molecule has 1 aliphatic rings. The van der Waals surface area contributed by atoms with Crippen molar-refractivity contribution in [2.75, 3.05) is 26.4 Å². The molecule has 1 atom stereocenters. The number of aryl methyl sites for hydroxylation is 1. The number of esters is 1. The number of rotatable bonds is 12. The first-order chi connectivity index (χ1) is 18.2. The van der Waals surface area contributed by atoms with Gasteiger partial charge in [-0.2, -0.15) is 0 Å². The molecule has 0 radical (unpaired) electrons. The molecule has 1 aliphatic heterocycles. The van der Waals surface area contributed by atoms with Crippen LogP contribution >= 0.6 is 0 Å². The summed E-state index contributed by atoms with van der Waals surface area (Å²) < 4.78 is 18.5. The van der Waals surface area contributed by atoms with Crippen LogP contribution in [0.25, 0.3) is 21.9 Å². The second-order valence-corrected chi connectivity index (χ2v) is 10.6. The van der Waals surface area contributed by atoms with E-state index in [0.29, 0.717) is 52.1 Å². The van der Waals surface area contributed by atoms with E-state index in [4.69, 9.17) is 14.2 Å². The third kappa shape index (κ3) is 7.17. The van der Waals surface area contributed by atoms with Crippen LogP contribution < -0.4 is 5.32 Å². The van der Waals surface area contributed by atoms with E-state index < -0.39 is 11.6 Å². The minimum absolute atomic E-state index is 0.202. The van der Waals surface area contributed by atoms with Gasteiger partial charge in [0.2, 0.25) is 11.8 Å². The minimum atomic E-state index is -0.457. The smallest absolute Gasteiger partial charge is 0.306 e. The van der Waals surface area contributed by atoms with Crippen molar-refractivity contribution in [3.63, 3.8) is 0 Å². The highest BCUT2D eigenvalue weighted by molar-refractivity contribution is 6.09. The number of piperidine rings is 1. The van der Waals surface area contributed by atoms with Crippen molar-refractivity contribution < 1.29 is 28.6 Å². The van der Waals surface area contributed by atoms with Crippen molar-refractivity contribution in [2.24, 2.45) is 0 Å². The average Bonchev–Trinajstić information content (AvgIpc) is 3.18. The van der Waals surface area contributed by atoms with Crippen molar-refractivity contribution in [1.29, 1.82) is 0 Å². The fraction of sp³-hybridized carbons (Fsp3) is 0.517. The van der Waals surface area contributed by atoms with Gasteiger partial charge in [0.1, 0.15) is 17.3 Å². The van der Waals surface area contributed by atoms with E-state index in [0.717, 1.165) is 34.8 Å². The van der Waals surface area contributed by atoms with Crippen molar-refractivity contribution in [3.05, 3.63) is 42.1 Å². The zero-order chi connectivity index (χ0) is 27.1. The molecular weight excluding hydrogens is 486 g/mol. The lowest BCUT2D eigenvalue weighted by Crippen LogP contribution is -2.41. The summed E-state index contributed by atoms with van der Waals surface area (Å²) in [6.45, 7) is 7.71. The van der Waals surface area contributed by atoms with E-state index in [1.165, 1.54) is 5.56 Å². The molecule has 0 aliphatic carbocycles. The predicted molar refractivity (Wildman–Crippen MR) is 144 cm³/mol. The van der Waals surface area contributed by atoms with Crippen LogP contribution in [-0.4, -0.2) is 59.4 Å². The van der Waals surface area contributed by atoms with Gasteiger partial charge in [-0.05, 0) is 76.3 Å². The molecule has 204 valence electrons. The number of fused-ring (bicyclic) bond motifs is 3. The molecule has 2 amide bonds. The topological polar surface area (TPSA) is 109 Å². The molecule has 0 spiro atoms. The van der Waals surface area contributed by atoms with Crippen LogP contribution in [0.1, 0.15) is 64.5 Å². The van der Waals surface area contributed by atoms with Crippen LogP contribution in [0.4, 0.5) is 0 Å². The highest BCUT2D eigenvalue weighted by atomic mass is 16.6. The number of ether oxygens (including phenoxy) is 3. The Morgan fingerprint density at radius 1 is 1.05 bits per heavy atom. The Morgan fingerprint density at radius 2 is 1.82 bits per heavy atom. The van der Waals surface area contributed by atoms with Gasteiger partial charge in [-0.3, -0.25) is 19.7 Å². The molecule has 2 aromatic heterocycles. The van der Waals surface area contributed by atoms with Gasteiger partial charge in [0.25, 0.3) is 0 Å². The van der Waals surface area contributed by atoms with Crippen LogP contribution in [0.3, 0.4) is 0 Å². The maximum absolute atomic E-state index is 12.6. The molecule has 4 rings (SSSR count). The number of nitrogens with zero attached hydrogens (tertiary/aromatic N) is 2. The number of aromatic nitrogens is 2. The zero-order valence-corrected chi connectivity index (χ0v) is 22.5. The van der Waals surface area contributed by atoms with Gasteiger partial charge in [0.15, 0.2) is 0 Å². The Morgan fingerprint density at radius 3 is 2.55 bits per heavy atom. The van der Waals surface area contributed by atoms with Gasteiger partial charge in [-0.15, -0.1) is 0 Å². The summed E-state index contributed by atoms with van der Waals surface area (Å²) in [4.78, 5) is 40.5. The summed E-state index contributed by atoms with van der Waals surface area (Å²) in [6.07, 6.45) is 5.22. The Bertz CT molecular complexity index is 1290. The lowest BCUT2D eigenvalue weighted by molar-refractivity contribution is -0.155. The van der Waals surface area contributed by atoms with Crippen LogP contribution in [-0.2, 0) is 35.0 Å². The summed E-state index contributed by atoms with van der Waals surface area (Å²) >= 11 is 0. The molecule has 1 saturated heterocycles. The van der Waals surface area contributed by atoms with Gasteiger partial charge in [0.05, 0.1) is 18.7 Å². The van der Waals surface area contributed by atoms with Crippen LogP contribution in [0.2, 0.25) is 0 Å². The molecule has 1 unspecified atom stereocenters. The van der Waals surface area contributed by atoms with E-state index in [-0.39, 0.29) is 17.8 Å². The van der Waals surface area contributed by atoms with Crippen LogP contribution in [0.5, 0.6) is 0 Å². The van der Waals surface area contributed by atoms with E-state index in [2.05, 4.69) is 22.4 Å². The second-order valence-electron chi connectivity index (χ2n) is 10.6. The zero-order valence-electron chi connectivity index (χ0n) is 22.5. The standard InChI is InChI=1S/C29H37N3O6/c1-29(2,3)38-26(34)9-6-16-37-18-17-36-15-5-7-20-10-11-23-22(19-20)21-8-4-14-30-27(21)32(23)24-12-13-25(33)31-28(24)35/h4,8,10-11,14,19,24H,5-7,9,12-13,15-18H2,1-3H3,(H,31,33,35). The Hall–Kier alpha value is -3.30. The normalized spacial score (nSPS) is 16.2. The number of imide groups is 1. The Kier molecular flexibility index (Phi) is 9.12. The third-order valence-electron chi connectivity index (χ3n) is 6.36. The van der Waals surface area contributed by atoms with Crippen molar-refractivity contribution in [3.8, 4) is 0 Å². The maximum atomic E-state index is 12.6. The molecule has 1 N–H and O–H groups in total. The van der Waals surface area contributed by atoms with Crippen molar-refractivity contribution >= 4 is 39.7 Å². The third-order valence-corrected chi connectivity index (χ3v) is 6.36. The fourth-order valence-corrected chi connectivity index (χ4v) is 4.73. The lowest BCUT2D eigenvalue weighted by Gasteiger charge is -2.23. The van der Waals surface area contributed by atoms with E-state index in [9.17, 15) is 14.4 Å². The highest BCUT2D eigenvalue weighted by Crippen LogP contribution is 2.34. The molecule has 3 aromatic rings. The van der Waals surface area contributed by atoms with E-state index >= 15 is 0 Å². The summed E-state index contributed by atoms with van der Waals surface area (Å²) in [5, 5.41) is 4.51. The van der Waals surface area contributed by atoms with Gasteiger partial charge in [-0.25, -0.2) is 4.98 Å². The average molecular weight is 524 g/mol. The van der Waals surface area contributed by atoms with Crippen molar-refractivity contribution in [1.82, 2.24) is 14.9 Å². The molecule has 3 heterocycles. The molecule has 9 nitrogen and oxygen atoms in total. The van der Waals surface area contributed by atoms with E-state index in [1.807, 2.05) is 43.5 Å². The highest BCUT2D eigenvalue weighted by Gasteiger charge is 2.30. The summed E-state index contributed by atoms with van der Waals surface area (Å²) in [6, 6.07) is 9.75. The van der Waals surface area contributed by atoms with E-state index in [1.54, 1.807) is 6.20 Å². The van der Waals surface area contributed by atoms with Gasteiger partial charge >= 0.3 is 5.97 Å². The molecule has 9 heteroatoms. The minimum Gasteiger partial charge on any atom is -0.460 e. The number of benzene rings is 1. The first-order valence-electron chi connectivity index (χ1n) is 13.3. The first kappa shape index (κ1) is 27.7. The number of carbonyl (C=O) groups is 3. The molecule has 0 bridgehead atoms. The summed E-state index contributed by atoms with van der Waals surface area (Å²) in [5.41, 5.74) is 2.43. The lowest BCUT2D eigenvalue weighted by atomic mass is 10.0. The number of amides is 2. The number of carbonyl (C=O) groups excluding carboxylic acids is 3. The summed E-state index contributed by atoms with van der Waals surface area (Å²) in [7, 11) is 0. The van der Waals surface area contributed by atoms with Crippen molar-refractivity contribution in [2.45, 2.75) is 70.9 Å². The molecule has 0 saturated carbocycles. The number of pyridine rings is 1. The molecular formula is C29H37N3O6. The SMILES string of the molecule is CC(C)(C)OC(=O)CCCOCCOCCCc1ccc2c(c1)c1cccnc1n2C1CCC(=O)NC1=O. The number of hydrogen-bond donors (Lipinski definition) is 1. The number of hydrogen-bond acceptors (Lipinski definition) is 7. The Labute approximate surface area is 222 Å². The molecule has 1 fully saturated rings. The largest absolute Gasteiger partial charge is 0.460 e. The Balaban J connectivity index is 1.24. The second kappa shape index (κ2) is 12.5. The van der Waals surface area contributed by atoms with Crippen LogP contribution in [0, 0.1) is 0 Å². The number of nitrogens with one attached hydrogen (secondary N) is 1. The predicted octanol–water partition coefficient (Wildman–Crippen LogP) is 4.25. The van der Waals surface area contributed by atoms with Gasteiger partial charge in [0, 0.05) is 43.0 Å². The summed E-state index contributed by atoms with van der Waals surface area (Å²) in [5.74, 6) is -0.708. The fourth-order valence-electron chi connectivity index (χ4n) is 4.73. The monoisotopic (exact) mass is 523 g/mol.